The highest BCUT2D eigenvalue weighted by atomic mass is 35.5. The van der Waals surface area contributed by atoms with Gasteiger partial charge in [0.1, 0.15) is 5.82 Å². The Kier molecular flexibility index (Phi) is 4.07. The number of benzene rings is 1. The molecule has 1 aromatic carbocycles. The molecule has 0 saturated carbocycles. The summed E-state index contributed by atoms with van der Waals surface area (Å²) in [4.78, 5) is 3.77. The van der Waals surface area contributed by atoms with Crippen LogP contribution in [0.15, 0.2) is 30.6 Å². The van der Waals surface area contributed by atoms with Gasteiger partial charge in [-0.05, 0) is 17.7 Å². The number of halogens is 4. The number of hydrogen-bond acceptors (Lipinski definition) is 2. The number of aromatic nitrogens is 1. The molecule has 1 heterocycles. The molecule has 1 unspecified atom stereocenters. The van der Waals surface area contributed by atoms with Crippen molar-refractivity contribution in [2.24, 2.45) is 0 Å². The number of nitrogens with zero attached hydrogens (tertiary/aromatic N) is 1. The van der Waals surface area contributed by atoms with Crippen LogP contribution < -0.4 is 0 Å². The van der Waals surface area contributed by atoms with Crippen molar-refractivity contribution in [3.63, 3.8) is 0 Å². The maximum absolute atomic E-state index is 13.5. The van der Waals surface area contributed by atoms with E-state index in [-0.39, 0.29) is 12.0 Å². The average molecular weight is 288 g/mol. The highest BCUT2D eigenvalue weighted by Crippen LogP contribution is 2.26. The largest absolute Gasteiger partial charge is 0.388 e. The highest BCUT2D eigenvalue weighted by Gasteiger charge is 2.18. The molecule has 19 heavy (non-hydrogen) atoms. The van der Waals surface area contributed by atoms with Gasteiger partial charge in [0.15, 0.2) is 11.6 Å². The number of aliphatic hydroxyl groups excluding tert-OH is 1. The molecular formula is C13H9ClF3NO. The first-order valence-corrected chi connectivity index (χ1v) is 5.77. The fraction of sp³-hybridized carbons (Fsp3) is 0.154. The summed E-state index contributed by atoms with van der Waals surface area (Å²) in [7, 11) is 0. The molecule has 1 aromatic heterocycles. The summed E-state index contributed by atoms with van der Waals surface area (Å²) in [5.74, 6) is -3.51. The van der Waals surface area contributed by atoms with E-state index < -0.39 is 23.6 Å². The third-order valence-corrected chi connectivity index (χ3v) is 3.01. The van der Waals surface area contributed by atoms with Gasteiger partial charge in [-0.25, -0.2) is 13.2 Å². The van der Waals surface area contributed by atoms with Crippen LogP contribution in [0.5, 0.6) is 0 Å². The van der Waals surface area contributed by atoms with Gasteiger partial charge in [-0.1, -0.05) is 11.6 Å². The molecule has 0 fully saturated rings. The van der Waals surface area contributed by atoms with Crippen molar-refractivity contribution in [2.75, 3.05) is 0 Å². The topological polar surface area (TPSA) is 33.1 Å². The van der Waals surface area contributed by atoms with Crippen LogP contribution in [0.25, 0.3) is 0 Å². The summed E-state index contributed by atoms with van der Waals surface area (Å²) < 4.78 is 39.3. The Morgan fingerprint density at radius 3 is 2.53 bits per heavy atom. The third kappa shape index (κ3) is 3.05. The van der Waals surface area contributed by atoms with Gasteiger partial charge >= 0.3 is 0 Å². The first-order chi connectivity index (χ1) is 8.99. The minimum absolute atomic E-state index is 0.0245. The van der Waals surface area contributed by atoms with E-state index in [9.17, 15) is 18.3 Å². The minimum Gasteiger partial charge on any atom is -0.388 e. The lowest BCUT2D eigenvalue weighted by Gasteiger charge is -2.13. The fourth-order valence-electron chi connectivity index (χ4n) is 1.68. The van der Waals surface area contributed by atoms with Gasteiger partial charge in [-0.15, -0.1) is 0 Å². The molecule has 0 aliphatic heterocycles. The third-order valence-electron chi connectivity index (χ3n) is 2.67. The molecule has 0 bridgehead atoms. The zero-order chi connectivity index (χ0) is 14.0. The van der Waals surface area contributed by atoms with Gasteiger partial charge in [-0.3, -0.25) is 4.98 Å². The van der Waals surface area contributed by atoms with Crippen LogP contribution in [0.2, 0.25) is 5.02 Å². The van der Waals surface area contributed by atoms with Gasteiger partial charge in [-0.2, -0.15) is 0 Å². The number of aliphatic hydroxyl groups is 1. The summed E-state index contributed by atoms with van der Waals surface area (Å²) in [6.07, 6.45) is 1.50. The van der Waals surface area contributed by atoms with Gasteiger partial charge in [0, 0.05) is 30.4 Å². The predicted molar refractivity (Wildman–Crippen MR) is 64.2 cm³/mol. The van der Waals surface area contributed by atoms with Gasteiger partial charge in [0.25, 0.3) is 0 Å². The van der Waals surface area contributed by atoms with E-state index in [2.05, 4.69) is 4.98 Å². The van der Waals surface area contributed by atoms with Crippen molar-refractivity contribution in [1.29, 1.82) is 0 Å². The maximum Gasteiger partial charge on any atom is 0.161 e. The smallest absolute Gasteiger partial charge is 0.161 e. The fourth-order valence-corrected chi connectivity index (χ4v) is 1.88. The maximum atomic E-state index is 13.5. The minimum atomic E-state index is -1.32. The molecular weight excluding hydrogens is 279 g/mol. The molecule has 100 valence electrons. The van der Waals surface area contributed by atoms with E-state index in [0.717, 1.165) is 0 Å². The second-order valence-electron chi connectivity index (χ2n) is 3.97. The molecule has 0 aliphatic rings. The molecule has 1 atom stereocenters. The molecule has 6 heteroatoms. The number of pyridine rings is 1. The molecule has 2 aromatic rings. The molecule has 0 amide bonds. The first kappa shape index (κ1) is 13.8. The highest BCUT2D eigenvalue weighted by molar-refractivity contribution is 6.31. The Hall–Kier alpha value is -1.59. The quantitative estimate of drug-likeness (QED) is 0.878. The van der Waals surface area contributed by atoms with E-state index in [0.29, 0.717) is 22.7 Å². The van der Waals surface area contributed by atoms with Crippen molar-refractivity contribution < 1.29 is 18.3 Å². The molecule has 2 nitrogen and oxygen atoms in total. The van der Waals surface area contributed by atoms with Crippen molar-refractivity contribution in [2.45, 2.75) is 12.5 Å². The van der Waals surface area contributed by atoms with Crippen LogP contribution in [-0.4, -0.2) is 10.1 Å². The first-order valence-electron chi connectivity index (χ1n) is 5.40. The summed E-state index contributed by atoms with van der Waals surface area (Å²) in [5, 5.41) is 10.2. The van der Waals surface area contributed by atoms with Gasteiger partial charge < -0.3 is 5.11 Å². The van der Waals surface area contributed by atoms with E-state index >= 15 is 0 Å². The molecule has 0 radical (unpaired) electrons. The van der Waals surface area contributed by atoms with E-state index in [1.54, 1.807) is 6.07 Å². The van der Waals surface area contributed by atoms with Crippen molar-refractivity contribution in [3.8, 4) is 0 Å². The van der Waals surface area contributed by atoms with E-state index in [1.807, 2.05) is 0 Å². The average Bonchev–Trinajstić information content (AvgIpc) is 2.36. The van der Waals surface area contributed by atoms with E-state index in [4.69, 9.17) is 11.6 Å². The second kappa shape index (κ2) is 5.59. The predicted octanol–water partition coefficient (Wildman–Crippen LogP) is 3.43. The zero-order valence-electron chi connectivity index (χ0n) is 9.58. The standard InChI is InChI=1S/C13H9ClF3NO/c14-9-6-18-2-1-7(9)3-13(19)8-4-11(16)12(17)5-10(8)15/h1-2,4-6,13,19H,3H2. The summed E-state index contributed by atoms with van der Waals surface area (Å²) in [5.41, 5.74) is 0.222. The van der Waals surface area contributed by atoms with Crippen LogP contribution in [0.4, 0.5) is 13.2 Å². The molecule has 0 saturated heterocycles. The number of rotatable bonds is 3. The Balaban J connectivity index is 2.28. The molecule has 2 rings (SSSR count). The Morgan fingerprint density at radius 2 is 1.84 bits per heavy atom. The van der Waals surface area contributed by atoms with Crippen LogP contribution in [0, 0.1) is 17.5 Å². The van der Waals surface area contributed by atoms with Crippen LogP contribution in [0.3, 0.4) is 0 Å². The second-order valence-corrected chi connectivity index (χ2v) is 4.38. The van der Waals surface area contributed by atoms with Crippen molar-refractivity contribution >= 4 is 11.6 Å². The molecule has 0 spiro atoms. The van der Waals surface area contributed by atoms with Crippen molar-refractivity contribution in [1.82, 2.24) is 4.98 Å². The zero-order valence-corrected chi connectivity index (χ0v) is 10.3. The lowest BCUT2D eigenvalue weighted by molar-refractivity contribution is 0.172. The van der Waals surface area contributed by atoms with Crippen LogP contribution in [0.1, 0.15) is 17.2 Å². The lowest BCUT2D eigenvalue weighted by atomic mass is 10.0. The number of hydrogen-bond donors (Lipinski definition) is 1. The lowest BCUT2D eigenvalue weighted by Crippen LogP contribution is -2.06. The summed E-state index contributed by atoms with van der Waals surface area (Å²) >= 11 is 5.85. The SMILES string of the molecule is OC(Cc1ccncc1Cl)c1cc(F)c(F)cc1F. The van der Waals surface area contributed by atoms with Gasteiger partial charge in [0.2, 0.25) is 0 Å². The summed E-state index contributed by atoms with van der Waals surface area (Å²) in [6, 6.07) is 2.61. The summed E-state index contributed by atoms with van der Waals surface area (Å²) in [6.45, 7) is 0. The normalized spacial score (nSPS) is 12.5. The van der Waals surface area contributed by atoms with Gasteiger partial charge in [0.05, 0.1) is 11.1 Å². The Morgan fingerprint density at radius 1 is 1.16 bits per heavy atom. The molecule has 1 N–H and O–H groups in total. The Labute approximate surface area is 112 Å². The van der Waals surface area contributed by atoms with E-state index in [1.165, 1.54) is 12.4 Å². The van der Waals surface area contributed by atoms with Crippen LogP contribution >= 0.6 is 11.6 Å². The monoisotopic (exact) mass is 287 g/mol. The van der Waals surface area contributed by atoms with Crippen molar-refractivity contribution in [3.05, 3.63) is 64.2 Å². The molecule has 0 aliphatic carbocycles. The van der Waals surface area contributed by atoms with Crippen LogP contribution in [-0.2, 0) is 6.42 Å². The Bertz CT molecular complexity index is 606.